The van der Waals surface area contributed by atoms with Gasteiger partial charge in [-0.2, -0.15) is 5.10 Å². The fraction of sp³-hybridized carbons (Fsp3) is 0.357. The lowest BCUT2D eigenvalue weighted by Gasteiger charge is -2.09. The molecule has 0 saturated heterocycles. The average molecular weight is 338 g/mol. The first kappa shape index (κ1) is 16.4. The van der Waals surface area contributed by atoms with Crippen molar-refractivity contribution >= 4 is 45.5 Å². The summed E-state index contributed by atoms with van der Waals surface area (Å²) >= 11 is 6.75. The molecule has 0 radical (unpaired) electrons. The van der Waals surface area contributed by atoms with Gasteiger partial charge in [0.2, 0.25) is 0 Å². The molecule has 22 heavy (non-hydrogen) atoms. The van der Waals surface area contributed by atoms with E-state index in [9.17, 15) is 4.79 Å². The molecule has 0 amide bonds. The van der Waals surface area contributed by atoms with Gasteiger partial charge < -0.3 is 15.4 Å². The summed E-state index contributed by atoms with van der Waals surface area (Å²) in [7, 11) is 1.37. The number of carbonyl (C=O) groups is 1. The highest BCUT2D eigenvalue weighted by Gasteiger charge is 2.20. The standard InChI is InChI=1S/C14H18N4O2S2/c1-5-18-7-6-10(17-18)15-14(21)16-12-11(13(19)20-4)8(2)9(3)22-12/h6-7H,5H2,1-4H3,(H2,15,16,17,21). The van der Waals surface area contributed by atoms with Crippen molar-refractivity contribution in [2.75, 3.05) is 17.7 Å². The van der Waals surface area contributed by atoms with E-state index in [1.807, 2.05) is 33.0 Å². The SMILES string of the molecule is CCn1ccc(NC(=S)Nc2sc(C)c(C)c2C(=O)OC)n1. The van der Waals surface area contributed by atoms with E-state index in [1.54, 1.807) is 4.68 Å². The van der Waals surface area contributed by atoms with Crippen molar-refractivity contribution < 1.29 is 9.53 Å². The van der Waals surface area contributed by atoms with Gasteiger partial charge in [-0.25, -0.2) is 4.79 Å². The van der Waals surface area contributed by atoms with Crippen molar-refractivity contribution in [2.45, 2.75) is 27.3 Å². The van der Waals surface area contributed by atoms with Crippen LogP contribution in [0.5, 0.6) is 0 Å². The van der Waals surface area contributed by atoms with Gasteiger partial charge in [-0.15, -0.1) is 11.3 Å². The zero-order chi connectivity index (χ0) is 16.3. The Bertz CT molecular complexity index is 706. The smallest absolute Gasteiger partial charge is 0.341 e. The summed E-state index contributed by atoms with van der Waals surface area (Å²) in [5, 5.41) is 11.4. The number of aryl methyl sites for hydroxylation is 2. The third-order valence-electron chi connectivity index (χ3n) is 3.21. The monoisotopic (exact) mass is 338 g/mol. The number of hydrogen-bond acceptors (Lipinski definition) is 5. The van der Waals surface area contributed by atoms with Gasteiger partial charge in [-0.3, -0.25) is 4.68 Å². The summed E-state index contributed by atoms with van der Waals surface area (Å²) in [4.78, 5) is 13.0. The highest BCUT2D eigenvalue weighted by Crippen LogP contribution is 2.33. The molecular formula is C14H18N4O2S2. The minimum absolute atomic E-state index is 0.373. The summed E-state index contributed by atoms with van der Waals surface area (Å²) in [6.07, 6.45) is 1.87. The van der Waals surface area contributed by atoms with E-state index >= 15 is 0 Å². The van der Waals surface area contributed by atoms with Crippen LogP contribution in [0.1, 0.15) is 27.7 Å². The number of methoxy groups -OCH3 is 1. The molecule has 118 valence electrons. The molecule has 6 nitrogen and oxygen atoms in total. The maximum atomic E-state index is 11.9. The number of thiocarbonyl (C=S) groups is 1. The summed E-state index contributed by atoms with van der Waals surface area (Å²) in [6, 6.07) is 1.84. The molecule has 0 saturated carbocycles. The molecule has 0 fully saturated rings. The fourth-order valence-electron chi connectivity index (χ4n) is 1.92. The predicted octanol–water partition coefficient (Wildman–Crippen LogP) is 3.18. The van der Waals surface area contributed by atoms with Gasteiger partial charge in [0.1, 0.15) is 5.00 Å². The minimum atomic E-state index is -0.373. The van der Waals surface area contributed by atoms with Crippen LogP contribution in [0.4, 0.5) is 10.8 Å². The van der Waals surface area contributed by atoms with Crippen molar-refractivity contribution in [3.8, 4) is 0 Å². The van der Waals surface area contributed by atoms with Crippen molar-refractivity contribution in [1.29, 1.82) is 0 Å². The van der Waals surface area contributed by atoms with Crippen LogP contribution in [-0.4, -0.2) is 28.0 Å². The first-order valence-electron chi connectivity index (χ1n) is 6.76. The molecule has 2 heterocycles. The lowest BCUT2D eigenvalue weighted by molar-refractivity contribution is 0.0601. The molecule has 2 N–H and O–H groups in total. The van der Waals surface area contributed by atoms with Crippen LogP contribution in [0.15, 0.2) is 12.3 Å². The van der Waals surface area contributed by atoms with E-state index in [2.05, 4.69) is 15.7 Å². The van der Waals surface area contributed by atoms with Crippen LogP contribution in [0, 0.1) is 13.8 Å². The maximum absolute atomic E-state index is 11.9. The van der Waals surface area contributed by atoms with E-state index in [-0.39, 0.29) is 5.97 Å². The van der Waals surface area contributed by atoms with Gasteiger partial charge in [0.15, 0.2) is 10.9 Å². The summed E-state index contributed by atoms with van der Waals surface area (Å²) in [6.45, 7) is 6.64. The number of carbonyl (C=O) groups excluding carboxylic acids is 1. The van der Waals surface area contributed by atoms with Gasteiger partial charge in [0.25, 0.3) is 0 Å². The zero-order valence-corrected chi connectivity index (χ0v) is 14.5. The summed E-state index contributed by atoms with van der Waals surface area (Å²) in [5.41, 5.74) is 1.42. The second-order valence-corrected chi connectivity index (χ2v) is 6.25. The highest BCUT2D eigenvalue weighted by atomic mass is 32.1. The van der Waals surface area contributed by atoms with Crippen molar-refractivity contribution in [3.05, 3.63) is 28.3 Å². The van der Waals surface area contributed by atoms with Gasteiger partial charge in [-0.05, 0) is 38.6 Å². The largest absolute Gasteiger partial charge is 0.465 e. The quantitative estimate of drug-likeness (QED) is 0.659. The molecule has 0 spiro atoms. The number of rotatable bonds is 4. The Kier molecular flexibility index (Phi) is 5.15. The number of nitrogens with zero attached hydrogens (tertiary/aromatic N) is 2. The van der Waals surface area contributed by atoms with Crippen LogP contribution in [0.3, 0.4) is 0 Å². The lowest BCUT2D eigenvalue weighted by atomic mass is 10.1. The molecule has 0 bridgehead atoms. The molecule has 2 rings (SSSR count). The number of anilines is 2. The summed E-state index contributed by atoms with van der Waals surface area (Å²) < 4.78 is 6.63. The third kappa shape index (κ3) is 3.45. The van der Waals surface area contributed by atoms with E-state index in [4.69, 9.17) is 17.0 Å². The normalized spacial score (nSPS) is 10.4. The maximum Gasteiger partial charge on any atom is 0.341 e. The van der Waals surface area contributed by atoms with Crippen LogP contribution >= 0.6 is 23.6 Å². The second kappa shape index (κ2) is 6.89. The first-order chi connectivity index (χ1) is 10.5. The van der Waals surface area contributed by atoms with Crippen molar-refractivity contribution in [3.63, 3.8) is 0 Å². The Labute approximate surface area is 138 Å². The Balaban J connectivity index is 2.14. The lowest BCUT2D eigenvalue weighted by Crippen LogP contribution is -2.20. The molecule has 0 aliphatic rings. The number of thiophene rings is 1. The number of nitrogens with one attached hydrogen (secondary N) is 2. The van der Waals surface area contributed by atoms with E-state index < -0.39 is 0 Å². The number of hydrogen-bond donors (Lipinski definition) is 2. The molecule has 0 aliphatic heterocycles. The van der Waals surface area contributed by atoms with Crippen LogP contribution in [-0.2, 0) is 11.3 Å². The molecule has 0 aliphatic carbocycles. The number of ether oxygens (including phenoxy) is 1. The van der Waals surface area contributed by atoms with Crippen LogP contribution < -0.4 is 10.6 Å². The van der Waals surface area contributed by atoms with E-state index in [0.717, 1.165) is 17.0 Å². The van der Waals surface area contributed by atoms with Gasteiger partial charge >= 0.3 is 5.97 Å². The second-order valence-electron chi connectivity index (χ2n) is 4.61. The molecule has 2 aromatic rings. The predicted molar refractivity (Wildman–Crippen MR) is 92.9 cm³/mol. The number of aromatic nitrogens is 2. The third-order valence-corrected chi connectivity index (χ3v) is 4.53. The van der Waals surface area contributed by atoms with Crippen LogP contribution in [0.2, 0.25) is 0 Å². The van der Waals surface area contributed by atoms with E-state index in [0.29, 0.717) is 21.5 Å². The molecule has 0 aromatic carbocycles. The summed E-state index contributed by atoms with van der Waals surface area (Å²) in [5.74, 6) is 0.284. The molecule has 2 aromatic heterocycles. The Morgan fingerprint density at radius 3 is 2.77 bits per heavy atom. The Hall–Kier alpha value is -1.93. The first-order valence-corrected chi connectivity index (χ1v) is 7.98. The van der Waals surface area contributed by atoms with Crippen molar-refractivity contribution in [1.82, 2.24) is 9.78 Å². The molecule has 0 atom stereocenters. The number of esters is 1. The van der Waals surface area contributed by atoms with Gasteiger partial charge in [0.05, 0.1) is 12.7 Å². The Morgan fingerprint density at radius 2 is 2.18 bits per heavy atom. The Morgan fingerprint density at radius 1 is 1.45 bits per heavy atom. The molecular weight excluding hydrogens is 320 g/mol. The van der Waals surface area contributed by atoms with Gasteiger partial charge in [0, 0.05) is 23.7 Å². The minimum Gasteiger partial charge on any atom is -0.465 e. The topological polar surface area (TPSA) is 68.2 Å². The van der Waals surface area contributed by atoms with Gasteiger partial charge in [-0.1, -0.05) is 0 Å². The van der Waals surface area contributed by atoms with E-state index in [1.165, 1.54) is 18.4 Å². The molecule has 8 heteroatoms. The van der Waals surface area contributed by atoms with Crippen LogP contribution in [0.25, 0.3) is 0 Å². The average Bonchev–Trinajstić information content (AvgIpc) is 3.04. The molecule has 0 unspecified atom stereocenters. The zero-order valence-electron chi connectivity index (χ0n) is 12.9. The fourth-order valence-corrected chi connectivity index (χ4v) is 3.24. The van der Waals surface area contributed by atoms with Crippen molar-refractivity contribution in [2.24, 2.45) is 0 Å². The highest BCUT2D eigenvalue weighted by molar-refractivity contribution is 7.80.